The smallest absolute Gasteiger partial charge is 0.433 e. The van der Waals surface area contributed by atoms with E-state index in [-0.39, 0.29) is 18.0 Å². The Balaban J connectivity index is 1.42. The number of carbonyl (C=O) groups is 1. The average Bonchev–Trinajstić information content (AvgIpc) is 2.79. The molecule has 0 spiro atoms. The number of amides is 1. The second-order valence-electron chi connectivity index (χ2n) is 7.94. The first-order chi connectivity index (χ1) is 15.3. The van der Waals surface area contributed by atoms with Gasteiger partial charge in [0.2, 0.25) is 0 Å². The zero-order valence-corrected chi connectivity index (χ0v) is 17.6. The predicted molar refractivity (Wildman–Crippen MR) is 117 cm³/mol. The van der Waals surface area contributed by atoms with Crippen molar-refractivity contribution in [3.8, 4) is 5.75 Å². The molecule has 1 heterocycles. The number of methoxy groups -OCH3 is 1. The van der Waals surface area contributed by atoms with Crippen LogP contribution in [0.5, 0.6) is 5.75 Å². The largest absolute Gasteiger partial charge is 0.496 e. The highest BCUT2D eigenvalue weighted by atomic mass is 19.4. The number of nitrogens with one attached hydrogen (secondary N) is 2. The Morgan fingerprint density at radius 3 is 2.38 bits per heavy atom. The Bertz CT molecular complexity index is 1110. The third-order valence-electron chi connectivity index (χ3n) is 5.78. The standard InChI is InChI=1S/C24H24F3N3O2/c1-32-21-9-5-3-7-18(21)23(31)29-16-12-10-15(11-13-16)28-20-14-22(24(25,26)27)30-19-8-4-2-6-17(19)20/h2-9,14-16H,10-13H2,1H3,(H,28,30)(H,29,31)/t15-,16+. The van der Waals surface area contributed by atoms with Gasteiger partial charge in [-0.3, -0.25) is 4.79 Å². The van der Waals surface area contributed by atoms with Crippen molar-refractivity contribution in [2.24, 2.45) is 0 Å². The number of nitrogens with zero attached hydrogens (tertiary/aromatic N) is 1. The molecule has 3 aromatic rings. The fraction of sp³-hybridized carbons (Fsp3) is 0.333. The summed E-state index contributed by atoms with van der Waals surface area (Å²) in [6, 6.07) is 15.0. The van der Waals surface area contributed by atoms with E-state index >= 15 is 0 Å². The van der Waals surface area contributed by atoms with Crippen molar-refractivity contribution in [1.29, 1.82) is 0 Å². The van der Waals surface area contributed by atoms with Crippen LogP contribution in [0.15, 0.2) is 54.6 Å². The van der Waals surface area contributed by atoms with E-state index < -0.39 is 11.9 Å². The summed E-state index contributed by atoms with van der Waals surface area (Å²) in [5.74, 6) is 0.333. The average molecular weight is 443 g/mol. The van der Waals surface area contributed by atoms with Gasteiger partial charge in [-0.1, -0.05) is 30.3 Å². The van der Waals surface area contributed by atoms with Gasteiger partial charge in [0, 0.05) is 23.2 Å². The van der Waals surface area contributed by atoms with E-state index in [4.69, 9.17) is 4.74 Å². The second kappa shape index (κ2) is 9.06. The number of hydrogen-bond donors (Lipinski definition) is 2. The van der Waals surface area contributed by atoms with E-state index in [2.05, 4.69) is 15.6 Å². The molecule has 168 valence electrons. The minimum Gasteiger partial charge on any atom is -0.496 e. The van der Waals surface area contributed by atoms with Crippen molar-refractivity contribution in [1.82, 2.24) is 10.3 Å². The predicted octanol–water partition coefficient (Wildman–Crippen LogP) is 5.42. The summed E-state index contributed by atoms with van der Waals surface area (Å²) >= 11 is 0. The van der Waals surface area contributed by atoms with Gasteiger partial charge in [-0.25, -0.2) is 4.98 Å². The molecule has 1 aliphatic carbocycles. The minimum atomic E-state index is -4.51. The van der Waals surface area contributed by atoms with Crippen LogP contribution >= 0.6 is 0 Å². The molecule has 1 saturated carbocycles. The molecule has 0 atom stereocenters. The molecular formula is C24H24F3N3O2. The van der Waals surface area contributed by atoms with Gasteiger partial charge in [0.05, 0.1) is 18.2 Å². The van der Waals surface area contributed by atoms with Crippen LogP contribution in [-0.4, -0.2) is 30.1 Å². The first-order valence-corrected chi connectivity index (χ1v) is 10.5. The Labute approximate surface area is 184 Å². The topological polar surface area (TPSA) is 63.2 Å². The molecule has 0 saturated heterocycles. The zero-order valence-electron chi connectivity index (χ0n) is 17.6. The van der Waals surface area contributed by atoms with Crippen LogP contribution in [0.25, 0.3) is 10.9 Å². The van der Waals surface area contributed by atoms with Crippen molar-refractivity contribution in [2.75, 3.05) is 12.4 Å². The molecule has 1 amide bonds. The number of fused-ring (bicyclic) bond motifs is 1. The fourth-order valence-corrected chi connectivity index (χ4v) is 4.14. The number of benzene rings is 2. The lowest BCUT2D eigenvalue weighted by Crippen LogP contribution is -2.40. The monoisotopic (exact) mass is 443 g/mol. The quantitative estimate of drug-likeness (QED) is 0.553. The van der Waals surface area contributed by atoms with Crippen molar-refractivity contribution < 1.29 is 22.7 Å². The Morgan fingerprint density at radius 2 is 1.66 bits per heavy atom. The van der Waals surface area contributed by atoms with Crippen LogP contribution in [0, 0.1) is 0 Å². The highest BCUT2D eigenvalue weighted by Gasteiger charge is 2.34. The van der Waals surface area contributed by atoms with E-state index in [9.17, 15) is 18.0 Å². The summed E-state index contributed by atoms with van der Waals surface area (Å²) in [6.07, 6.45) is -1.59. The number of rotatable bonds is 5. The SMILES string of the molecule is COc1ccccc1C(=O)N[C@H]1CC[C@@H](Nc2cc(C(F)(F)F)nc3ccccc23)CC1. The summed E-state index contributed by atoms with van der Waals surface area (Å²) in [6.45, 7) is 0. The number of halogens is 3. The van der Waals surface area contributed by atoms with E-state index in [0.29, 0.717) is 27.9 Å². The molecular weight excluding hydrogens is 419 g/mol. The van der Waals surface area contributed by atoms with Crippen molar-refractivity contribution >= 4 is 22.5 Å². The number of carbonyl (C=O) groups excluding carboxylic acids is 1. The summed E-state index contributed by atoms with van der Waals surface area (Å²) in [5.41, 5.74) is 0.321. The summed E-state index contributed by atoms with van der Waals surface area (Å²) in [4.78, 5) is 16.4. The van der Waals surface area contributed by atoms with Crippen LogP contribution in [0.3, 0.4) is 0 Å². The molecule has 32 heavy (non-hydrogen) atoms. The first kappa shape index (κ1) is 21.9. The molecule has 0 unspecified atom stereocenters. The van der Waals surface area contributed by atoms with Crippen LogP contribution in [0.2, 0.25) is 0 Å². The third-order valence-corrected chi connectivity index (χ3v) is 5.78. The molecule has 5 nitrogen and oxygen atoms in total. The molecule has 4 rings (SSSR count). The molecule has 1 fully saturated rings. The lowest BCUT2D eigenvalue weighted by atomic mass is 9.90. The van der Waals surface area contributed by atoms with Gasteiger partial charge in [0.1, 0.15) is 11.4 Å². The summed E-state index contributed by atoms with van der Waals surface area (Å²) in [7, 11) is 1.52. The van der Waals surface area contributed by atoms with Gasteiger partial charge >= 0.3 is 6.18 Å². The number of anilines is 1. The zero-order chi connectivity index (χ0) is 22.7. The maximum Gasteiger partial charge on any atom is 0.433 e. The maximum absolute atomic E-state index is 13.3. The maximum atomic E-state index is 13.3. The van der Waals surface area contributed by atoms with Crippen LogP contribution in [0.4, 0.5) is 18.9 Å². The number of hydrogen-bond acceptors (Lipinski definition) is 4. The van der Waals surface area contributed by atoms with Gasteiger partial charge < -0.3 is 15.4 Å². The van der Waals surface area contributed by atoms with Gasteiger partial charge in [-0.05, 0) is 49.9 Å². The second-order valence-corrected chi connectivity index (χ2v) is 7.94. The molecule has 0 aliphatic heterocycles. The lowest BCUT2D eigenvalue weighted by Gasteiger charge is -2.31. The fourth-order valence-electron chi connectivity index (χ4n) is 4.14. The van der Waals surface area contributed by atoms with E-state index in [0.717, 1.165) is 31.7 Å². The van der Waals surface area contributed by atoms with E-state index in [1.165, 1.54) is 7.11 Å². The van der Waals surface area contributed by atoms with Crippen LogP contribution in [-0.2, 0) is 6.18 Å². The molecule has 8 heteroatoms. The van der Waals surface area contributed by atoms with Gasteiger partial charge in [-0.15, -0.1) is 0 Å². The number of para-hydroxylation sites is 2. The highest BCUT2D eigenvalue weighted by Crippen LogP contribution is 2.34. The Morgan fingerprint density at radius 1 is 1.00 bits per heavy atom. The van der Waals surface area contributed by atoms with Crippen molar-refractivity contribution in [3.05, 3.63) is 65.9 Å². The van der Waals surface area contributed by atoms with E-state index in [1.54, 1.807) is 48.5 Å². The highest BCUT2D eigenvalue weighted by molar-refractivity contribution is 5.97. The van der Waals surface area contributed by atoms with E-state index in [1.807, 2.05) is 0 Å². The van der Waals surface area contributed by atoms with Crippen molar-refractivity contribution in [2.45, 2.75) is 43.9 Å². The van der Waals surface area contributed by atoms with Gasteiger partial charge in [0.25, 0.3) is 5.91 Å². The number of ether oxygens (including phenoxy) is 1. The first-order valence-electron chi connectivity index (χ1n) is 10.5. The molecule has 1 aliphatic rings. The lowest BCUT2D eigenvalue weighted by molar-refractivity contribution is -0.140. The minimum absolute atomic E-state index is 0.00498. The van der Waals surface area contributed by atoms with Crippen molar-refractivity contribution in [3.63, 3.8) is 0 Å². The number of alkyl halides is 3. The summed E-state index contributed by atoms with van der Waals surface area (Å²) in [5, 5.41) is 6.99. The van der Waals surface area contributed by atoms with Crippen LogP contribution in [0.1, 0.15) is 41.7 Å². The van der Waals surface area contributed by atoms with Gasteiger partial charge in [0.15, 0.2) is 0 Å². The Hall–Kier alpha value is -3.29. The molecule has 1 aromatic heterocycles. The third kappa shape index (κ3) is 4.79. The molecule has 0 bridgehead atoms. The molecule has 0 radical (unpaired) electrons. The van der Waals surface area contributed by atoms with Crippen LogP contribution < -0.4 is 15.4 Å². The molecule has 2 N–H and O–H groups in total. The summed E-state index contributed by atoms with van der Waals surface area (Å²) < 4.78 is 45.2. The Kier molecular flexibility index (Phi) is 6.21. The number of pyridine rings is 1. The molecule has 2 aromatic carbocycles. The number of aromatic nitrogens is 1. The van der Waals surface area contributed by atoms with Gasteiger partial charge in [-0.2, -0.15) is 13.2 Å². The normalized spacial score (nSPS) is 18.9.